The maximum atomic E-state index is 12.7. The number of H-pyrrole nitrogens is 1. The number of carbonyl (C=O) groups is 1. The van der Waals surface area contributed by atoms with Gasteiger partial charge in [0, 0.05) is 35.6 Å². The molecule has 2 N–H and O–H groups in total. The number of nitrogens with zero attached hydrogens (tertiary/aromatic N) is 1. The molecule has 1 saturated heterocycles. The van der Waals surface area contributed by atoms with E-state index in [1.807, 2.05) is 37.3 Å². The van der Waals surface area contributed by atoms with Crippen LogP contribution >= 0.6 is 11.6 Å². The zero-order chi connectivity index (χ0) is 18.8. The summed E-state index contributed by atoms with van der Waals surface area (Å²) in [5, 5.41) is 4.60. The number of carbonyl (C=O) groups excluding carboxylic acids is 1. The zero-order valence-corrected chi connectivity index (χ0v) is 15.9. The molecule has 7 heteroatoms. The van der Waals surface area contributed by atoms with Crippen molar-refractivity contribution < 1.29 is 13.9 Å². The number of aromatic amines is 1. The van der Waals surface area contributed by atoms with Gasteiger partial charge in [0.15, 0.2) is 0 Å². The van der Waals surface area contributed by atoms with E-state index >= 15 is 0 Å². The molecule has 0 saturated carbocycles. The average molecular weight is 388 g/mol. The molecule has 1 atom stereocenters. The third kappa shape index (κ3) is 4.03. The second-order valence-electron chi connectivity index (χ2n) is 6.74. The third-order valence-corrected chi connectivity index (χ3v) is 5.09. The molecule has 0 spiro atoms. The second kappa shape index (κ2) is 7.76. The topological polar surface area (TPSA) is 70.5 Å². The van der Waals surface area contributed by atoms with Crippen molar-refractivity contribution in [2.45, 2.75) is 13.0 Å². The van der Waals surface area contributed by atoms with Crippen LogP contribution in [0.15, 0.2) is 40.8 Å². The molecule has 3 aromatic rings. The predicted octanol–water partition coefficient (Wildman–Crippen LogP) is 3.53. The first-order valence-corrected chi connectivity index (χ1v) is 9.42. The van der Waals surface area contributed by atoms with Gasteiger partial charge in [0.2, 0.25) is 0 Å². The Morgan fingerprint density at radius 3 is 2.81 bits per heavy atom. The molecule has 3 heterocycles. The molecule has 0 radical (unpaired) electrons. The van der Waals surface area contributed by atoms with Crippen molar-refractivity contribution in [3.8, 4) is 0 Å². The van der Waals surface area contributed by atoms with E-state index in [9.17, 15) is 4.79 Å². The van der Waals surface area contributed by atoms with E-state index in [1.165, 1.54) is 0 Å². The van der Waals surface area contributed by atoms with E-state index in [0.717, 1.165) is 35.5 Å². The molecule has 27 heavy (non-hydrogen) atoms. The number of furan rings is 1. The highest BCUT2D eigenvalue weighted by Crippen LogP contribution is 2.24. The van der Waals surface area contributed by atoms with Gasteiger partial charge >= 0.3 is 0 Å². The summed E-state index contributed by atoms with van der Waals surface area (Å²) in [6.45, 7) is 5.38. The molecule has 0 bridgehead atoms. The van der Waals surface area contributed by atoms with Gasteiger partial charge in [-0.3, -0.25) is 9.69 Å². The Morgan fingerprint density at radius 2 is 2.07 bits per heavy atom. The van der Waals surface area contributed by atoms with Crippen LogP contribution in [0.3, 0.4) is 0 Å². The van der Waals surface area contributed by atoms with Crippen molar-refractivity contribution in [1.29, 1.82) is 0 Å². The quantitative estimate of drug-likeness (QED) is 0.702. The summed E-state index contributed by atoms with van der Waals surface area (Å²) in [6.07, 6.45) is 0. The Labute approximate surface area is 162 Å². The summed E-state index contributed by atoms with van der Waals surface area (Å²) in [5.74, 6) is 1.57. The normalized spacial score (nSPS) is 16.5. The van der Waals surface area contributed by atoms with Crippen LogP contribution in [0, 0.1) is 6.92 Å². The van der Waals surface area contributed by atoms with Gasteiger partial charge in [0.25, 0.3) is 5.91 Å². The highest BCUT2D eigenvalue weighted by atomic mass is 35.5. The van der Waals surface area contributed by atoms with Crippen molar-refractivity contribution in [1.82, 2.24) is 15.2 Å². The molecular formula is C20H22ClN3O3. The average Bonchev–Trinajstić information content (AvgIpc) is 3.28. The highest BCUT2D eigenvalue weighted by Gasteiger charge is 2.26. The molecule has 1 amide bonds. The van der Waals surface area contributed by atoms with Crippen molar-refractivity contribution in [3.63, 3.8) is 0 Å². The Balaban J connectivity index is 1.49. The van der Waals surface area contributed by atoms with Crippen molar-refractivity contribution in [3.05, 3.63) is 58.6 Å². The number of halogens is 1. The summed E-state index contributed by atoms with van der Waals surface area (Å²) in [4.78, 5) is 18.1. The van der Waals surface area contributed by atoms with Gasteiger partial charge in [-0.2, -0.15) is 0 Å². The summed E-state index contributed by atoms with van der Waals surface area (Å²) >= 11 is 6.03. The van der Waals surface area contributed by atoms with E-state index in [2.05, 4.69) is 15.2 Å². The van der Waals surface area contributed by atoms with Crippen LogP contribution in [-0.2, 0) is 4.74 Å². The number of nitrogens with one attached hydrogen (secondary N) is 2. The molecule has 2 aromatic heterocycles. The smallest absolute Gasteiger partial charge is 0.267 e. The largest absolute Gasteiger partial charge is 0.465 e. The lowest BCUT2D eigenvalue weighted by Crippen LogP contribution is -2.43. The number of hydrogen-bond acceptors (Lipinski definition) is 4. The lowest BCUT2D eigenvalue weighted by Gasteiger charge is -2.33. The lowest BCUT2D eigenvalue weighted by molar-refractivity contribution is 0.0117. The Bertz CT molecular complexity index is 943. The van der Waals surface area contributed by atoms with Crippen LogP contribution in [0.2, 0.25) is 5.02 Å². The Hall–Kier alpha value is -2.28. The molecule has 142 valence electrons. The van der Waals surface area contributed by atoms with E-state index < -0.39 is 0 Å². The number of morpholine rings is 1. The Kier molecular flexibility index (Phi) is 5.20. The number of benzene rings is 1. The van der Waals surface area contributed by atoms with Gasteiger partial charge in [-0.15, -0.1) is 0 Å². The van der Waals surface area contributed by atoms with E-state index in [4.69, 9.17) is 20.8 Å². The first kappa shape index (κ1) is 18.1. The van der Waals surface area contributed by atoms with Gasteiger partial charge < -0.3 is 19.5 Å². The molecule has 1 aliphatic rings. The fraction of sp³-hybridized carbons (Fsp3) is 0.350. The van der Waals surface area contributed by atoms with Gasteiger partial charge in [-0.25, -0.2) is 0 Å². The minimum Gasteiger partial charge on any atom is -0.465 e. The van der Waals surface area contributed by atoms with Gasteiger partial charge in [0.05, 0.1) is 19.3 Å². The van der Waals surface area contributed by atoms with E-state index in [0.29, 0.717) is 30.5 Å². The molecule has 1 aromatic carbocycles. The predicted molar refractivity (Wildman–Crippen MR) is 104 cm³/mol. The molecule has 6 nitrogen and oxygen atoms in total. The van der Waals surface area contributed by atoms with Crippen molar-refractivity contribution >= 4 is 28.4 Å². The molecule has 0 unspecified atom stereocenters. The van der Waals surface area contributed by atoms with Gasteiger partial charge in [0.1, 0.15) is 17.2 Å². The van der Waals surface area contributed by atoms with Gasteiger partial charge in [-0.1, -0.05) is 11.6 Å². The fourth-order valence-electron chi connectivity index (χ4n) is 3.44. The van der Waals surface area contributed by atoms with Crippen LogP contribution < -0.4 is 5.32 Å². The third-order valence-electron chi connectivity index (χ3n) is 4.86. The number of amides is 1. The first-order valence-electron chi connectivity index (χ1n) is 9.05. The second-order valence-corrected chi connectivity index (χ2v) is 7.17. The van der Waals surface area contributed by atoms with Crippen LogP contribution in [0.25, 0.3) is 10.9 Å². The Morgan fingerprint density at radius 1 is 1.26 bits per heavy atom. The van der Waals surface area contributed by atoms with E-state index in [1.54, 1.807) is 6.07 Å². The summed E-state index contributed by atoms with van der Waals surface area (Å²) in [6, 6.07) is 11.2. The van der Waals surface area contributed by atoms with Crippen LogP contribution in [-0.4, -0.2) is 48.6 Å². The fourth-order valence-corrected chi connectivity index (χ4v) is 3.62. The number of rotatable bonds is 5. The minimum absolute atomic E-state index is 0.0228. The molecule has 1 aliphatic heterocycles. The summed E-state index contributed by atoms with van der Waals surface area (Å²) in [5.41, 5.74) is 1.40. The van der Waals surface area contributed by atoms with Crippen molar-refractivity contribution in [2.75, 3.05) is 32.8 Å². The van der Waals surface area contributed by atoms with Crippen LogP contribution in [0.4, 0.5) is 0 Å². The van der Waals surface area contributed by atoms with E-state index in [-0.39, 0.29) is 11.9 Å². The number of fused-ring (bicyclic) bond motifs is 1. The molecule has 4 rings (SSSR count). The first-order chi connectivity index (χ1) is 13.1. The standard InChI is InChI=1S/C20H22ClN3O3/c1-13-2-5-19(27-13)18(24-6-8-26-9-7-24)12-22-20(25)17-11-14-10-15(21)3-4-16(14)23-17/h2-5,10-11,18,23H,6-9,12H2,1H3,(H,22,25)/t18-/m0/s1. The highest BCUT2D eigenvalue weighted by molar-refractivity contribution is 6.31. The van der Waals surface area contributed by atoms with Gasteiger partial charge in [-0.05, 0) is 43.3 Å². The minimum atomic E-state index is -0.149. The zero-order valence-electron chi connectivity index (χ0n) is 15.1. The monoisotopic (exact) mass is 387 g/mol. The number of hydrogen-bond donors (Lipinski definition) is 2. The number of aromatic nitrogens is 1. The molecule has 0 aliphatic carbocycles. The summed E-state index contributed by atoms with van der Waals surface area (Å²) in [7, 11) is 0. The number of ether oxygens (including phenoxy) is 1. The number of aryl methyl sites for hydroxylation is 1. The van der Waals surface area contributed by atoms with Crippen molar-refractivity contribution in [2.24, 2.45) is 0 Å². The molecule has 1 fully saturated rings. The van der Waals surface area contributed by atoms with Crippen LogP contribution in [0.1, 0.15) is 28.1 Å². The lowest BCUT2D eigenvalue weighted by atomic mass is 10.1. The molecular weight excluding hydrogens is 366 g/mol. The SMILES string of the molecule is Cc1ccc([C@H](CNC(=O)c2cc3cc(Cl)ccc3[nH]2)N2CCOCC2)o1. The summed E-state index contributed by atoms with van der Waals surface area (Å²) < 4.78 is 11.3. The maximum absolute atomic E-state index is 12.7. The van der Waals surface area contributed by atoms with Crippen LogP contribution in [0.5, 0.6) is 0 Å². The maximum Gasteiger partial charge on any atom is 0.267 e.